The second-order valence-corrected chi connectivity index (χ2v) is 4.62. The van der Waals surface area contributed by atoms with Gasteiger partial charge in [0.1, 0.15) is 12.2 Å². The molecule has 5 nitrogen and oxygen atoms in total. The molecule has 0 aliphatic carbocycles. The van der Waals surface area contributed by atoms with Gasteiger partial charge in [-0.2, -0.15) is 0 Å². The SMILES string of the molecule is C[C@](O)(CCl)CON1C(=O)c2ccccc2C1=O. The van der Waals surface area contributed by atoms with E-state index in [0.29, 0.717) is 16.2 Å². The molecule has 96 valence electrons. The lowest BCUT2D eigenvalue weighted by Crippen LogP contribution is -2.39. The minimum absolute atomic E-state index is 0.0594. The van der Waals surface area contributed by atoms with Gasteiger partial charge in [-0.15, -0.1) is 16.7 Å². The Labute approximate surface area is 109 Å². The number of hydrogen-bond acceptors (Lipinski definition) is 4. The molecule has 1 aliphatic rings. The number of carbonyl (C=O) groups is 2. The van der Waals surface area contributed by atoms with Crippen LogP contribution in [0.5, 0.6) is 0 Å². The number of benzene rings is 1. The van der Waals surface area contributed by atoms with Crippen molar-refractivity contribution in [2.45, 2.75) is 12.5 Å². The van der Waals surface area contributed by atoms with Crippen LogP contribution in [-0.4, -0.2) is 40.1 Å². The van der Waals surface area contributed by atoms with Crippen molar-refractivity contribution in [3.63, 3.8) is 0 Å². The van der Waals surface area contributed by atoms with E-state index in [1.807, 2.05) is 0 Å². The molecule has 2 rings (SSSR count). The fourth-order valence-corrected chi connectivity index (χ4v) is 1.60. The normalized spacial score (nSPS) is 17.8. The Kier molecular flexibility index (Phi) is 3.38. The van der Waals surface area contributed by atoms with Crippen LogP contribution >= 0.6 is 11.6 Å². The predicted molar refractivity (Wildman–Crippen MR) is 64.2 cm³/mol. The van der Waals surface area contributed by atoms with Gasteiger partial charge in [0.2, 0.25) is 0 Å². The third kappa shape index (κ3) is 2.25. The number of alkyl halides is 1. The largest absolute Gasteiger partial charge is 0.386 e. The second kappa shape index (κ2) is 4.68. The van der Waals surface area contributed by atoms with Crippen molar-refractivity contribution in [1.82, 2.24) is 5.06 Å². The van der Waals surface area contributed by atoms with Crippen molar-refractivity contribution in [2.75, 3.05) is 12.5 Å². The van der Waals surface area contributed by atoms with E-state index in [1.54, 1.807) is 24.3 Å². The van der Waals surface area contributed by atoms with Gasteiger partial charge in [0.15, 0.2) is 0 Å². The number of hydrogen-bond donors (Lipinski definition) is 1. The number of nitrogens with zero attached hydrogens (tertiary/aromatic N) is 1. The van der Waals surface area contributed by atoms with Gasteiger partial charge in [-0.25, -0.2) is 0 Å². The highest BCUT2D eigenvalue weighted by molar-refractivity contribution is 6.20. The lowest BCUT2D eigenvalue weighted by molar-refractivity contribution is -0.135. The molecular formula is C12H12ClNO4. The molecule has 1 aliphatic heterocycles. The first-order valence-electron chi connectivity index (χ1n) is 5.35. The number of fused-ring (bicyclic) bond motifs is 1. The van der Waals surface area contributed by atoms with E-state index in [2.05, 4.69) is 0 Å². The Bertz CT molecular complexity index is 466. The Hall–Kier alpha value is -1.43. The molecule has 0 bridgehead atoms. The van der Waals surface area contributed by atoms with Gasteiger partial charge in [-0.3, -0.25) is 14.4 Å². The summed E-state index contributed by atoms with van der Waals surface area (Å²) in [6.45, 7) is 1.22. The zero-order valence-electron chi connectivity index (χ0n) is 9.72. The topological polar surface area (TPSA) is 66.8 Å². The van der Waals surface area contributed by atoms with Crippen LogP contribution in [-0.2, 0) is 4.84 Å². The van der Waals surface area contributed by atoms with Crippen LogP contribution in [0.4, 0.5) is 0 Å². The van der Waals surface area contributed by atoms with E-state index in [9.17, 15) is 14.7 Å². The van der Waals surface area contributed by atoms with E-state index < -0.39 is 17.4 Å². The monoisotopic (exact) mass is 269 g/mol. The molecule has 1 heterocycles. The highest BCUT2D eigenvalue weighted by Crippen LogP contribution is 2.23. The molecule has 0 spiro atoms. The van der Waals surface area contributed by atoms with Gasteiger partial charge in [0.25, 0.3) is 11.8 Å². The molecule has 18 heavy (non-hydrogen) atoms. The van der Waals surface area contributed by atoms with Crippen LogP contribution in [0.1, 0.15) is 27.6 Å². The average Bonchev–Trinajstić information content (AvgIpc) is 2.61. The third-order valence-electron chi connectivity index (χ3n) is 2.55. The van der Waals surface area contributed by atoms with E-state index in [-0.39, 0.29) is 12.5 Å². The number of amides is 2. The van der Waals surface area contributed by atoms with Crippen LogP contribution in [0.3, 0.4) is 0 Å². The summed E-state index contributed by atoms with van der Waals surface area (Å²) in [4.78, 5) is 28.8. The van der Waals surface area contributed by atoms with E-state index in [4.69, 9.17) is 16.4 Å². The molecule has 0 saturated heterocycles. The van der Waals surface area contributed by atoms with E-state index in [1.165, 1.54) is 6.92 Å². The Morgan fingerprint density at radius 3 is 2.22 bits per heavy atom. The number of carbonyl (C=O) groups excluding carboxylic acids is 2. The fourth-order valence-electron chi connectivity index (χ4n) is 1.53. The van der Waals surface area contributed by atoms with Gasteiger partial charge in [0, 0.05) is 0 Å². The summed E-state index contributed by atoms with van der Waals surface area (Å²) in [5.74, 6) is -1.11. The summed E-state index contributed by atoms with van der Waals surface area (Å²) < 4.78 is 0. The van der Waals surface area contributed by atoms with E-state index >= 15 is 0 Å². The van der Waals surface area contributed by atoms with Crippen molar-refractivity contribution in [1.29, 1.82) is 0 Å². The van der Waals surface area contributed by atoms with Crippen molar-refractivity contribution >= 4 is 23.4 Å². The van der Waals surface area contributed by atoms with Crippen molar-refractivity contribution in [3.8, 4) is 0 Å². The highest BCUT2D eigenvalue weighted by atomic mass is 35.5. The van der Waals surface area contributed by atoms with Crippen LogP contribution in [0.15, 0.2) is 24.3 Å². The molecule has 0 radical (unpaired) electrons. The predicted octanol–water partition coefficient (Wildman–Crippen LogP) is 1.20. The molecule has 0 saturated carbocycles. The molecule has 1 N–H and O–H groups in total. The number of imide groups is 1. The first-order valence-corrected chi connectivity index (χ1v) is 5.89. The molecule has 1 atom stereocenters. The number of rotatable bonds is 4. The summed E-state index contributed by atoms with van der Waals surface area (Å²) in [5, 5.41) is 10.3. The fraction of sp³-hybridized carbons (Fsp3) is 0.333. The minimum Gasteiger partial charge on any atom is -0.386 e. The van der Waals surface area contributed by atoms with Crippen LogP contribution in [0, 0.1) is 0 Å². The van der Waals surface area contributed by atoms with Gasteiger partial charge in [-0.05, 0) is 19.1 Å². The number of aliphatic hydroxyl groups is 1. The van der Waals surface area contributed by atoms with Crippen LogP contribution in [0.25, 0.3) is 0 Å². The standard InChI is InChI=1S/C12H12ClNO4/c1-12(17,6-13)7-18-14-10(15)8-4-2-3-5-9(8)11(14)16/h2-5,17H,6-7H2,1H3/t12-/m0/s1. The third-order valence-corrected chi connectivity index (χ3v) is 3.13. The Morgan fingerprint density at radius 1 is 1.28 bits per heavy atom. The second-order valence-electron chi connectivity index (χ2n) is 4.35. The summed E-state index contributed by atoms with van der Waals surface area (Å²) in [6, 6.07) is 6.45. The van der Waals surface area contributed by atoms with Gasteiger partial charge >= 0.3 is 0 Å². The average molecular weight is 270 g/mol. The smallest absolute Gasteiger partial charge is 0.285 e. The molecule has 1 aromatic carbocycles. The lowest BCUT2D eigenvalue weighted by Gasteiger charge is -2.22. The maximum atomic E-state index is 11.9. The van der Waals surface area contributed by atoms with Gasteiger partial charge in [0.05, 0.1) is 17.0 Å². The lowest BCUT2D eigenvalue weighted by atomic mass is 10.1. The molecule has 1 aromatic rings. The first-order chi connectivity index (χ1) is 8.46. The van der Waals surface area contributed by atoms with E-state index in [0.717, 1.165) is 0 Å². The molecule has 6 heteroatoms. The maximum absolute atomic E-state index is 11.9. The van der Waals surface area contributed by atoms with Gasteiger partial charge < -0.3 is 5.11 Å². The Morgan fingerprint density at radius 2 is 1.78 bits per heavy atom. The van der Waals surface area contributed by atoms with Gasteiger partial charge in [-0.1, -0.05) is 12.1 Å². The number of halogens is 1. The summed E-state index contributed by atoms with van der Waals surface area (Å²) >= 11 is 5.52. The number of hydroxylamine groups is 2. The zero-order chi connectivity index (χ0) is 13.3. The highest BCUT2D eigenvalue weighted by Gasteiger charge is 2.37. The summed E-state index contributed by atoms with van der Waals surface area (Å²) in [7, 11) is 0. The van der Waals surface area contributed by atoms with Crippen LogP contribution < -0.4 is 0 Å². The quantitative estimate of drug-likeness (QED) is 0.659. The van der Waals surface area contributed by atoms with Crippen molar-refractivity contribution in [3.05, 3.63) is 35.4 Å². The maximum Gasteiger partial charge on any atom is 0.285 e. The summed E-state index contributed by atoms with van der Waals surface area (Å²) in [6.07, 6.45) is 0. The first kappa shape index (κ1) is 13.0. The molecule has 0 unspecified atom stereocenters. The van der Waals surface area contributed by atoms with Crippen molar-refractivity contribution < 1.29 is 19.5 Å². The summed E-state index contributed by atoms with van der Waals surface area (Å²) in [5.41, 5.74) is -0.697. The molecule has 0 fully saturated rings. The Balaban J connectivity index is 2.14. The molecular weight excluding hydrogens is 258 g/mol. The molecule has 2 amide bonds. The van der Waals surface area contributed by atoms with Crippen LogP contribution in [0.2, 0.25) is 0 Å². The zero-order valence-corrected chi connectivity index (χ0v) is 10.5. The van der Waals surface area contributed by atoms with Crippen molar-refractivity contribution in [2.24, 2.45) is 0 Å². The minimum atomic E-state index is -1.29. The molecule has 0 aromatic heterocycles.